The van der Waals surface area contributed by atoms with Crippen LogP contribution >= 0.6 is 0 Å². The summed E-state index contributed by atoms with van der Waals surface area (Å²) in [5, 5.41) is 25.9. The van der Waals surface area contributed by atoms with Crippen LogP contribution in [0, 0.1) is 22.7 Å². The zero-order valence-corrected chi connectivity index (χ0v) is 10.2. The Morgan fingerprint density at radius 3 is 2.26 bits per heavy atom. The SMILES string of the molecule is N#CCN(CC#N)CCOc1ccc(C(=O)O)cc1. The molecule has 19 heavy (non-hydrogen) atoms. The predicted octanol–water partition coefficient (Wildman–Crippen LogP) is 1.11. The third kappa shape index (κ3) is 5.07. The Balaban J connectivity index is 2.42. The maximum atomic E-state index is 10.7. The van der Waals surface area contributed by atoms with Gasteiger partial charge in [0.25, 0.3) is 0 Å². The van der Waals surface area contributed by atoms with Gasteiger partial charge in [0.2, 0.25) is 0 Å². The molecule has 0 radical (unpaired) electrons. The van der Waals surface area contributed by atoms with E-state index in [0.717, 1.165) is 0 Å². The molecule has 0 aliphatic rings. The van der Waals surface area contributed by atoms with Crippen LogP contribution in [-0.4, -0.2) is 42.2 Å². The molecule has 1 rings (SSSR count). The Kier molecular flexibility index (Phi) is 5.87. The van der Waals surface area contributed by atoms with Crippen LogP contribution in [0.2, 0.25) is 0 Å². The largest absolute Gasteiger partial charge is 0.492 e. The van der Waals surface area contributed by atoms with Gasteiger partial charge < -0.3 is 9.84 Å². The highest BCUT2D eigenvalue weighted by atomic mass is 16.5. The molecule has 6 nitrogen and oxygen atoms in total. The molecule has 0 saturated carbocycles. The molecular weight excluding hydrogens is 246 g/mol. The van der Waals surface area contributed by atoms with Crippen LogP contribution < -0.4 is 4.74 Å². The van der Waals surface area contributed by atoms with Gasteiger partial charge in [0, 0.05) is 6.54 Å². The van der Waals surface area contributed by atoms with Gasteiger partial charge in [-0.3, -0.25) is 4.90 Å². The van der Waals surface area contributed by atoms with E-state index in [1.807, 2.05) is 12.1 Å². The predicted molar refractivity (Wildman–Crippen MR) is 66.6 cm³/mol. The topological polar surface area (TPSA) is 97.4 Å². The molecular formula is C13H13N3O3. The second-order valence-electron chi connectivity index (χ2n) is 3.70. The molecule has 0 aliphatic carbocycles. The number of nitriles is 2. The Hall–Kier alpha value is -2.57. The first kappa shape index (κ1) is 14.5. The molecule has 0 unspecified atom stereocenters. The van der Waals surface area contributed by atoms with Gasteiger partial charge in [-0.25, -0.2) is 4.79 Å². The van der Waals surface area contributed by atoms with Crippen LogP contribution in [0.5, 0.6) is 5.75 Å². The lowest BCUT2D eigenvalue weighted by molar-refractivity contribution is 0.0697. The molecule has 1 aromatic carbocycles. The minimum Gasteiger partial charge on any atom is -0.492 e. The van der Waals surface area contributed by atoms with E-state index in [2.05, 4.69) is 0 Å². The Bertz CT molecular complexity index is 483. The summed E-state index contributed by atoms with van der Waals surface area (Å²) in [6.45, 7) is 1.14. The molecule has 0 spiro atoms. The van der Waals surface area contributed by atoms with E-state index in [0.29, 0.717) is 18.9 Å². The van der Waals surface area contributed by atoms with Crippen LogP contribution in [0.15, 0.2) is 24.3 Å². The fourth-order valence-electron chi connectivity index (χ4n) is 1.40. The average molecular weight is 259 g/mol. The summed E-state index contributed by atoms with van der Waals surface area (Å²) < 4.78 is 5.41. The molecule has 1 aromatic rings. The van der Waals surface area contributed by atoms with E-state index >= 15 is 0 Å². The minimum absolute atomic E-state index is 0.175. The van der Waals surface area contributed by atoms with Crippen molar-refractivity contribution in [2.75, 3.05) is 26.2 Å². The molecule has 98 valence electrons. The number of aromatic carboxylic acids is 1. The zero-order chi connectivity index (χ0) is 14.1. The fourth-order valence-corrected chi connectivity index (χ4v) is 1.40. The van der Waals surface area contributed by atoms with Gasteiger partial charge in [-0.1, -0.05) is 0 Å². The molecule has 0 aliphatic heterocycles. The van der Waals surface area contributed by atoms with Crippen molar-refractivity contribution < 1.29 is 14.6 Å². The molecule has 0 atom stereocenters. The van der Waals surface area contributed by atoms with Crippen molar-refractivity contribution in [3.05, 3.63) is 29.8 Å². The lowest BCUT2D eigenvalue weighted by atomic mass is 10.2. The second kappa shape index (κ2) is 7.70. The van der Waals surface area contributed by atoms with Gasteiger partial charge in [-0.2, -0.15) is 10.5 Å². The Morgan fingerprint density at radius 2 is 1.79 bits per heavy atom. The van der Waals surface area contributed by atoms with E-state index in [1.54, 1.807) is 17.0 Å². The van der Waals surface area contributed by atoms with Gasteiger partial charge in [-0.05, 0) is 24.3 Å². The van der Waals surface area contributed by atoms with Crippen molar-refractivity contribution in [2.24, 2.45) is 0 Å². The van der Waals surface area contributed by atoms with Gasteiger partial charge in [0.1, 0.15) is 12.4 Å². The monoisotopic (exact) mass is 259 g/mol. The molecule has 0 heterocycles. The number of nitrogens with zero attached hydrogens (tertiary/aromatic N) is 3. The number of carboxylic acid groups (broad SMARTS) is 1. The first-order chi connectivity index (χ1) is 9.17. The third-order valence-electron chi connectivity index (χ3n) is 2.37. The summed E-state index contributed by atoms with van der Waals surface area (Å²) in [7, 11) is 0. The molecule has 0 fully saturated rings. The number of hydrogen-bond acceptors (Lipinski definition) is 5. The van der Waals surface area contributed by atoms with Gasteiger partial charge >= 0.3 is 5.97 Å². The lowest BCUT2D eigenvalue weighted by Gasteiger charge is -2.15. The fraction of sp³-hybridized carbons (Fsp3) is 0.308. The number of carbonyl (C=O) groups is 1. The van der Waals surface area contributed by atoms with Crippen LogP contribution in [0.1, 0.15) is 10.4 Å². The Labute approximate surface area is 111 Å². The molecule has 1 N–H and O–H groups in total. The van der Waals surface area contributed by atoms with Gasteiger partial charge in [-0.15, -0.1) is 0 Å². The van der Waals surface area contributed by atoms with Crippen molar-refractivity contribution in [3.8, 4) is 17.9 Å². The summed E-state index contributed by atoms with van der Waals surface area (Å²) in [6, 6.07) is 10.0. The molecule has 0 saturated heterocycles. The van der Waals surface area contributed by atoms with Gasteiger partial charge in [0.05, 0.1) is 30.8 Å². The first-order valence-corrected chi connectivity index (χ1v) is 5.59. The summed E-state index contributed by atoms with van der Waals surface area (Å²) in [5.41, 5.74) is 0.197. The number of benzene rings is 1. The van der Waals surface area contributed by atoms with Crippen molar-refractivity contribution in [1.29, 1.82) is 10.5 Å². The highest BCUT2D eigenvalue weighted by Crippen LogP contribution is 2.12. The van der Waals surface area contributed by atoms with Crippen molar-refractivity contribution in [1.82, 2.24) is 4.90 Å². The maximum absolute atomic E-state index is 10.7. The van der Waals surface area contributed by atoms with E-state index < -0.39 is 5.97 Å². The summed E-state index contributed by atoms with van der Waals surface area (Å²) >= 11 is 0. The lowest BCUT2D eigenvalue weighted by Crippen LogP contribution is -2.29. The summed E-state index contributed by atoms with van der Waals surface area (Å²) in [6.07, 6.45) is 0. The van der Waals surface area contributed by atoms with Crippen LogP contribution in [0.3, 0.4) is 0 Å². The van der Waals surface area contributed by atoms with Crippen LogP contribution in [-0.2, 0) is 0 Å². The second-order valence-corrected chi connectivity index (χ2v) is 3.70. The number of hydrogen-bond donors (Lipinski definition) is 1. The molecule has 0 bridgehead atoms. The Morgan fingerprint density at radius 1 is 1.21 bits per heavy atom. The summed E-state index contributed by atoms with van der Waals surface area (Å²) in [5.74, 6) is -0.431. The van der Waals surface area contributed by atoms with Gasteiger partial charge in [0.15, 0.2) is 0 Å². The third-order valence-corrected chi connectivity index (χ3v) is 2.37. The average Bonchev–Trinajstić information content (AvgIpc) is 2.40. The minimum atomic E-state index is -0.985. The van der Waals surface area contributed by atoms with Crippen LogP contribution in [0.25, 0.3) is 0 Å². The standard InChI is InChI=1S/C13H13N3O3/c14-5-7-16(8-6-15)9-10-19-12-3-1-11(2-4-12)13(17)18/h1-4H,7-10H2,(H,17,18). The summed E-state index contributed by atoms with van der Waals surface area (Å²) in [4.78, 5) is 12.3. The smallest absolute Gasteiger partial charge is 0.335 e. The van der Waals surface area contributed by atoms with E-state index in [1.165, 1.54) is 12.1 Å². The number of ether oxygens (including phenoxy) is 1. The van der Waals surface area contributed by atoms with E-state index in [-0.39, 0.29) is 18.7 Å². The number of carboxylic acids is 1. The van der Waals surface area contributed by atoms with Crippen LogP contribution in [0.4, 0.5) is 0 Å². The maximum Gasteiger partial charge on any atom is 0.335 e. The first-order valence-electron chi connectivity index (χ1n) is 5.59. The zero-order valence-electron chi connectivity index (χ0n) is 10.2. The van der Waals surface area contributed by atoms with Crippen molar-refractivity contribution in [2.45, 2.75) is 0 Å². The van der Waals surface area contributed by atoms with E-state index in [4.69, 9.17) is 20.4 Å². The highest BCUT2D eigenvalue weighted by molar-refractivity contribution is 5.87. The molecule has 0 amide bonds. The highest BCUT2D eigenvalue weighted by Gasteiger charge is 2.05. The molecule has 6 heteroatoms. The van der Waals surface area contributed by atoms with Crippen molar-refractivity contribution in [3.63, 3.8) is 0 Å². The van der Waals surface area contributed by atoms with E-state index in [9.17, 15) is 4.79 Å². The molecule has 0 aromatic heterocycles. The normalized spacial score (nSPS) is 9.63. The quantitative estimate of drug-likeness (QED) is 0.737. The number of rotatable bonds is 7. The van der Waals surface area contributed by atoms with Crippen molar-refractivity contribution >= 4 is 5.97 Å².